The number of nitrogens with zero attached hydrogens (tertiary/aromatic N) is 1. The first-order valence-electron chi connectivity index (χ1n) is 11.8. The molecular formula is C27H35BrN2O3. The minimum atomic E-state index is -0.574. The van der Waals surface area contributed by atoms with Gasteiger partial charge in [-0.3, -0.25) is 9.78 Å². The lowest BCUT2D eigenvalue weighted by atomic mass is 9.82. The van der Waals surface area contributed by atoms with Crippen LogP contribution in [0.4, 0.5) is 4.79 Å². The van der Waals surface area contributed by atoms with Crippen molar-refractivity contribution in [1.29, 1.82) is 0 Å². The first kappa shape index (κ1) is 25.4. The lowest BCUT2D eigenvalue weighted by molar-refractivity contribution is -0.122. The van der Waals surface area contributed by atoms with Gasteiger partial charge in [0.1, 0.15) is 11.4 Å². The number of halogens is 1. The Labute approximate surface area is 205 Å². The van der Waals surface area contributed by atoms with Crippen LogP contribution in [0.15, 0.2) is 53.1 Å². The van der Waals surface area contributed by atoms with Gasteiger partial charge in [-0.15, -0.1) is 0 Å². The molecule has 3 rings (SSSR count). The molecule has 1 fully saturated rings. The Morgan fingerprint density at radius 3 is 2.45 bits per heavy atom. The number of carbonyl (C=O) groups is 2. The Hall–Kier alpha value is -2.21. The summed E-state index contributed by atoms with van der Waals surface area (Å²) in [5, 5.41) is 3.06. The number of amides is 1. The van der Waals surface area contributed by atoms with Crippen molar-refractivity contribution in [3.05, 3.63) is 64.4 Å². The molecule has 1 heterocycles. The van der Waals surface area contributed by atoms with Gasteiger partial charge in [-0.25, -0.2) is 4.79 Å². The summed E-state index contributed by atoms with van der Waals surface area (Å²) in [6.45, 7) is 9.76. The van der Waals surface area contributed by atoms with E-state index in [0.717, 1.165) is 28.6 Å². The maximum absolute atomic E-state index is 13.8. The normalized spacial score (nSPS) is 20.4. The summed E-state index contributed by atoms with van der Waals surface area (Å²) in [7, 11) is 0. The summed E-state index contributed by atoms with van der Waals surface area (Å²) in [5.41, 5.74) is 1.39. The number of benzene rings is 1. The molecule has 1 saturated carbocycles. The number of hydrogen-bond donors (Lipinski definition) is 1. The van der Waals surface area contributed by atoms with E-state index >= 15 is 0 Å². The van der Waals surface area contributed by atoms with Crippen LogP contribution in [0.25, 0.3) is 0 Å². The van der Waals surface area contributed by atoms with Crippen LogP contribution in [0.2, 0.25) is 0 Å². The average molecular weight is 515 g/mol. The zero-order valence-electron chi connectivity index (χ0n) is 20.2. The van der Waals surface area contributed by atoms with E-state index in [0.29, 0.717) is 6.42 Å². The molecule has 6 heteroatoms. The van der Waals surface area contributed by atoms with Gasteiger partial charge in [-0.2, -0.15) is 0 Å². The number of carbonyl (C=O) groups excluding carboxylic acids is 2. The SMILES string of the molecule is CC[C@H](C)C(CC(C(=O)[C@@H]1C[C@H]1c1ccccn1)c1ccc(Br)cc1)NC(=O)OC(C)(C)C. The minimum Gasteiger partial charge on any atom is -0.444 e. The third-order valence-corrected chi connectivity index (χ3v) is 6.89. The molecule has 0 bridgehead atoms. The highest BCUT2D eigenvalue weighted by molar-refractivity contribution is 9.10. The molecule has 0 radical (unpaired) electrons. The standard InChI is InChI=1S/C27H35BrN2O3/c1-6-17(2)24(30-26(32)33-27(3,4)5)16-20(18-10-12-19(28)13-11-18)25(31)22-15-21(22)23-9-7-8-14-29-23/h7-14,17,20-22,24H,6,15-16H2,1-5H3,(H,30,32)/t17-,20?,21+,22+,24?/m0/s1. The van der Waals surface area contributed by atoms with Gasteiger partial charge in [0.2, 0.25) is 0 Å². The molecule has 1 aromatic heterocycles. The first-order chi connectivity index (χ1) is 15.6. The highest BCUT2D eigenvalue weighted by Crippen LogP contribution is 2.50. The van der Waals surface area contributed by atoms with Gasteiger partial charge in [0.05, 0.1) is 0 Å². The molecular weight excluding hydrogens is 480 g/mol. The van der Waals surface area contributed by atoms with Crippen molar-refractivity contribution in [3.8, 4) is 0 Å². The fourth-order valence-electron chi connectivity index (χ4n) is 4.23. The summed E-state index contributed by atoms with van der Waals surface area (Å²) < 4.78 is 6.48. The second-order valence-electron chi connectivity index (χ2n) is 10.1. The van der Waals surface area contributed by atoms with E-state index in [1.807, 2.05) is 63.2 Å². The van der Waals surface area contributed by atoms with Gasteiger partial charge >= 0.3 is 6.09 Å². The summed E-state index contributed by atoms with van der Waals surface area (Å²) in [6.07, 6.45) is 3.61. The molecule has 0 saturated heterocycles. The second kappa shape index (κ2) is 10.8. The monoisotopic (exact) mass is 514 g/mol. The second-order valence-corrected chi connectivity index (χ2v) is 11.0. The van der Waals surface area contributed by atoms with Crippen molar-refractivity contribution in [2.75, 3.05) is 0 Å². The van der Waals surface area contributed by atoms with E-state index in [2.05, 4.69) is 40.1 Å². The number of pyridine rings is 1. The molecule has 2 unspecified atom stereocenters. The largest absolute Gasteiger partial charge is 0.444 e. The van der Waals surface area contributed by atoms with Crippen LogP contribution >= 0.6 is 15.9 Å². The molecule has 5 atom stereocenters. The molecule has 5 nitrogen and oxygen atoms in total. The molecule has 1 N–H and O–H groups in total. The summed E-state index contributed by atoms with van der Waals surface area (Å²) in [6, 6.07) is 13.6. The third-order valence-electron chi connectivity index (χ3n) is 6.36. The maximum atomic E-state index is 13.8. The Bertz CT molecular complexity index is 940. The smallest absolute Gasteiger partial charge is 0.407 e. The number of hydrogen-bond acceptors (Lipinski definition) is 4. The van der Waals surface area contributed by atoms with Gasteiger partial charge in [-0.05, 0) is 69.4 Å². The average Bonchev–Trinajstić information content (AvgIpc) is 3.57. The third kappa shape index (κ3) is 7.13. The molecule has 1 amide bonds. The topological polar surface area (TPSA) is 68.3 Å². The molecule has 33 heavy (non-hydrogen) atoms. The zero-order chi connectivity index (χ0) is 24.2. The first-order valence-corrected chi connectivity index (χ1v) is 12.6. The van der Waals surface area contributed by atoms with Crippen molar-refractivity contribution in [1.82, 2.24) is 10.3 Å². The molecule has 1 aromatic carbocycles. The van der Waals surface area contributed by atoms with E-state index < -0.39 is 11.7 Å². The summed E-state index contributed by atoms with van der Waals surface area (Å²) in [5.74, 6) is 0.275. The maximum Gasteiger partial charge on any atom is 0.407 e. The fraction of sp³-hybridized carbons (Fsp3) is 0.519. The number of nitrogens with one attached hydrogen (secondary N) is 1. The molecule has 0 aliphatic heterocycles. The lowest BCUT2D eigenvalue weighted by Crippen LogP contribution is -2.43. The minimum absolute atomic E-state index is 0.0346. The van der Waals surface area contributed by atoms with Crippen molar-refractivity contribution < 1.29 is 14.3 Å². The Morgan fingerprint density at radius 2 is 1.88 bits per heavy atom. The lowest BCUT2D eigenvalue weighted by Gasteiger charge is -2.30. The summed E-state index contributed by atoms with van der Waals surface area (Å²) >= 11 is 3.49. The van der Waals surface area contributed by atoms with E-state index in [9.17, 15) is 9.59 Å². The molecule has 1 aliphatic carbocycles. The van der Waals surface area contributed by atoms with Gasteiger partial charge in [0.25, 0.3) is 0 Å². The van der Waals surface area contributed by atoms with Crippen LogP contribution in [-0.2, 0) is 9.53 Å². The van der Waals surface area contributed by atoms with Gasteiger partial charge < -0.3 is 10.1 Å². The van der Waals surface area contributed by atoms with Crippen molar-refractivity contribution >= 4 is 27.8 Å². The van der Waals surface area contributed by atoms with E-state index in [1.54, 1.807) is 6.20 Å². The summed E-state index contributed by atoms with van der Waals surface area (Å²) in [4.78, 5) is 30.8. The van der Waals surface area contributed by atoms with Crippen molar-refractivity contribution in [3.63, 3.8) is 0 Å². The van der Waals surface area contributed by atoms with Gasteiger partial charge in [0.15, 0.2) is 0 Å². The Morgan fingerprint density at radius 1 is 1.18 bits per heavy atom. The molecule has 1 aliphatic rings. The van der Waals surface area contributed by atoms with Gasteiger partial charge in [0, 0.05) is 40.2 Å². The van der Waals surface area contributed by atoms with Crippen LogP contribution < -0.4 is 5.32 Å². The van der Waals surface area contributed by atoms with E-state index in [4.69, 9.17) is 4.74 Å². The fourth-order valence-corrected chi connectivity index (χ4v) is 4.50. The number of rotatable bonds is 9. The number of ketones is 1. The zero-order valence-corrected chi connectivity index (χ0v) is 21.8. The van der Waals surface area contributed by atoms with Crippen molar-refractivity contribution in [2.45, 2.75) is 77.4 Å². The quantitative estimate of drug-likeness (QED) is 0.407. The highest BCUT2D eigenvalue weighted by atomic mass is 79.9. The Balaban J connectivity index is 1.82. The van der Waals surface area contributed by atoms with Crippen LogP contribution in [0, 0.1) is 11.8 Å². The number of ether oxygens (including phenoxy) is 1. The van der Waals surface area contributed by atoms with Gasteiger partial charge in [-0.1, -0.05) is 54.4 Å². The number of alkyl carbamates (subject to hydrolysis) is 1. The molecule has 0 spiro atoms. The van der Waals surface area contributed by atoms with Crippen molar-refractivity contribution in [2.24, 2.45) is 11.8 Å². The highest BCUT2D eigenvalue weighted by Gasteiger charge is 2.47. The predicted octanol–water partition coefficient (Wildman–Crippen LogP) is 6.63. The number of aromatic nitrogens is 1. The predicted molar refractivity (Wildman–Crippen MR) is 134 cm³/mol. The van der Waals surface area contributed by atoms with Crippen LogP contribution in [-0.4, -0.2) is 28.5 Å². The van der Waals surface area contributed by atoms with E-state index in [1.165, 1.54) is 0 Å². The van der Waals surface area contributed by atoms with Crippen LogP contribution in [0.5, 0.6) is 0 Å². The van der Waals surface area contributed by atoms with Crippen LogP contribution in [0.1, 0.15) is 77.0 Å². The Kier molecular flexibility index (Phi) is 8.33. The molecule has 178 valence electrons. The van der Waals surface area contributed by atoms with Crippen LogP contribution in [0.3, 0.4) is 0 Å². The number of Topliss-reactive ketones (excluding diaryl/α,β-unsaturated/α-hetero) is 1. The van der Waals surface area contributed by atoms with E-state index in [-0.39, 0.29) is 35.5 Å². The molecule has 2 aromatic rings.